The monoisotopic (exact) mass is 518 g/mol. The van der Waals surface area contributed by atoms with E-state index >= 15 is 4.39 Å². The minimum Gasteiger partial charge on any atom is -0.384 e. The molecule has 1 unspecified atom stereocenters. The number of hydrogen-bond donors (Lipinski definition) is 1. The largest absolute Gasteiger partial charge is 0.384 e. The molecule has 0 saturated carbocycles. The number of hydrogen-bond acceptors (Lipinski definition) is 7. The summed E-state index contributed by atoms with van der Waals surface area (Å²) in [7, 11) is 1.84. The lowest BCUT2D eigenvalue weighted by molar-refractivity contribution is 0.0538. The van der Waals surface area contributed by atoms with E-state index in [-0.39, 0.29) is 11.7 Å². The highest BCUT2D eigenvalue weighted by Gasteiger charge is 2.37. The molecule has 0 amide bonds. The van der Waals surface area contributed by atoms with Crippen LogP contribution in [0.1, 0.15) is 55.6 Å². The van der Waals surface area contributed by atoms with Gasteiger partial charge in [-0.1, -0.05) is 5.16 Å². The number of fused-ring (bicyclic) bond motifs is 3. The standard InChI is InChI=1S/C28H31FN6O3/c1-15-21(16(2)38-33-15)18-13-20-23(31-14-18)25-26(27(28(3,4)36)32-34(25)5)35(20)24(17-8-11-37-12-9-17)22-19(29)7-6-10-30-22/h6-7,10,13-14,17,24,36H,8-9,11-12H2,1-5H3. The molecule has 198 valence electrons. The van der Waals surface area contributed by atoms with Crippen molar-refractivity contribution in [3.05, 3.63) is 59.3 Å². The Kier molecular flexibility index (Phi) is 5.84. The lowest BCUT2D eigenvalue weighted by Gasteiger charge is -2.32. The van der Waals surface area contributed by atoms with Gasteiger partial charge in [0, 0.05) is 43.8 Å². The van der Waals surface area contributed by atoms with Crippen LogP contribution in [0.15, 0.2) is 35.1 Å². The fourth-order valence-corrected chi connectivity index (χ4v) is 5.88. The summed E-state index contributed by atoms with van der Waals surface area (Å²) in [4.78, 5) is 9.45. The van der Waals surface area contributed by atoms with Gasteiger partial charge in [0.05, 0.1) is 28.5 Å². The van der Waals surface area contributed by atoms with E-state index in [9.17, 15) is 5.11 Å². The van der Waals surface area contributed by atoms with Gasteiger partial charge in [0.15, 0.2) is 0 Å². The molecule has 1 saturated heterocycles. The van der Waals surface area contributed by atoms with Gasteiger partial charge in [-0.25, -0.2) is 4.39 Å². The Morgan fingerprint density at radius 2 is 1.92 bits per heavy atom. The Labute approximate surface area is 219 Å². The fraction of sp³-hybridized carbons (Fsp3) is 0.429. The van der Waals surface area contributed by atoms with Gasteiger partial charge >= 0.3 is 0 Å². The molecule has 0 spiro atoms. The van der Waals surface area contributed by atoms with Gasteiger partial charge in [0.25, 0.3) is 0 Å². The van der Waals surface area contributed by atoms with Crippen molar-refractivity contribution in [2.45, 2.75) is 52.2 Å². The van der Waals surface area contributed by atoms with Gasteiger partial charge in [-0.2, -0.15) is 5.10 Å². The molecule has 1 fully saturated rings. The van der Waals surface area contributed by atoms with Crippen LogP contribution in [0.2, 0.25) is 0 Å². The van der Waals surface area contributed by atoms with Crippen molar-refractivity contribution < 1.29 is 18.8 Å². The Bertz CT molecular complexity index is 1640. The molecule has 0 radical (unpaired) electrons. The average molecular weight is 519 g/mol. The molecule has 1 N–H and O–H groups in total. The summed E-state index contributed by atoms with van der Waals surface area (Å²) in [5, 5.41) is 20.0. The molecule has 0 aliphatic carbocycles. The molecule has 0 bridgehead atoms. The first-order valence-corrected chi connectivity index (χ1v) is 12.9. The van der Waals surface area contributed by atoms with Gasteiger partial charge < -0.3 is 18.9 Å². The van der Waals surface area contributed by atoms with Crippen LogP contribution < -0.4 is 0 Å². The molecule has 6 heterocycles. The van der Waals surface area contributed by atoms with E-state index < -0.39 is 11.6 Å². The van der Waals surface area contributed by atoms with Crippen molar-refractivity contribution in [1.82, 2.24) is 29.5 Å². The Morgan fingerprint density at radius 1 is 1.16 bits per heavy atom. The number of aromatic nitrogens is 6. The minimum atomic E-state index is -1.25. The molecular weight excluding hydrogens is 487 g/mol. The predicted molar refractivity (Wildman–Crippen MR) is 140 cm³/mol. The van der Waals surface area contributed by atoms with Crippen LogP contribution in [0.5, 0.6) is 0 Å². The van der Waals surface area contributed by atoms with Gasteiger partial charge in [-0.05, 0) is 64.7 Å². The summed E-state index contributed by atoms with van der Waals surface area (Å²) in [5.74, 6) is 0.369. The average Bonchev–Trinajstić information content (AvgIpc) is 3.52. The van der Waals surface area contributed by atoms with E-state index in [4.69, 9.17) is 19.3 Å². The zero-order chi connectivity index (χ0) is 26.8. The summed E-state index contributed by atoms with van der Waals surface area (Å²) in [6.07, 6.45) is 4.93. The first-order valence-electron chi connectivity index (χ1n) is 12.9. The molecule has 9 nitrogen and oxygen atoms in total. The summed E-state index contributed by atoms with van der Waals surface area (Å²) in [6, 6.07) is 4.64. The van der Waals surface area contributed by atoms with Crippen LogP contribution in [0.3, 0.4) is 0 Å². The third-order valence-electron chi connectivity index (χ3n) is 7.57. The van der Waals surface area contributed by atoms with Crippen molar-refractivity contribution in [2.75, 3.05) is 13.2 Å². The lowest BCUT2D eigenvalue weighted by Crippen LogP contribution is -2.29. The number of nitrogens with zero attached hydrogens (tertiary/aromatic N) is 6. The smallest absolute Gasteiger partial charge is 0.146 e. The molecule has 1 aliphatic rings. The SMILES string of the molecule is Cc1noc(C)c1-c1cnc2c3c(c(C(C)(C)O)nn3C)n(C(c3ncccc3F)C3CCOCC3)c2c1. The van der Waals surface area contributed by atoms with Gasteiger partial charge in [0.1, 0.15) is 33.9 Å². The second-order valence-electron chi connectivity index (χ2n) is 10.7. The minimum absolute atomic E-state index is 0.0459. The van der Waals surface area contributed by atoms with Crippen molar-refractivity contribution in [1.29, 1.82) is 0 Å². The van der Waals surface area contributed by atoms with Crippen LogP contribution >= 0.6 is 0 Å². The first-order chi connectivity index (χ1) is 18.2. The maximum atomic E-state index is 15.5. The fourth-order valence-electron chi connectivity index (χ4n) is 5.88. The van der Waals surface area contributed by atoms with Crippen LogP contribution in [0, 0.1) is 25.6 Å². The van der Waals surface area contributed by atoms with Crippen LogP contribution in [0.4, 0.5) is 4.39 Å². The molecule has 1 aliphatic heterocycles. The van der Waals surface area contributed by atoms with E-state index in [1.165, 1.54) is 6.07 Å². The Morgan fingerprint density at radius 3 is 2.58 bits per heavy atom. The normalized spacial score (nSPS) is 16.1. The van der Waals surface area contributed by atoms with Crippen LogP contribution in [-0.2, 0) is 17.4 Å². The summed E-state index contributed by atoms with van der Waals surface area (Å²) in [6.45, 7) is 8.38. The summed E-state index contributed by atoms with van der Waals surface area (Å²) in [5.41, 5.74) is 5.11. The third kappa shape index (κ3) is 3.82. The van der Waals surface area contributed by atoms with E-state index in [1.807, 2.05) is 20.9 Å². The summed E-state index contributed by atoms with van der Waals surface area (Å²) < 4.78 is 30.5. The number of aryl methyl sites for hydroxylation is 3. The molecule has 38 heavy (non-hydrogen) atoms. The Hall–Kier alpha value is -3.63. The van der Waals surface area contributed by atoms with Crippen molar-refractivity contribution in [3.8, 4) is 11.1 Å². The van der Waals surface area contributed by atoms with Gasteiger partial charge in [0.2, 0.25) is 0 Å². The molecule has 0 aromatic carbocycles. The quantitative estimate of drug-likeness (QED) is 0.350. The third-order valence-corrected chi connectivity index (χ3v) is 7.57. The molecule has 5 aromatic rings. The first kappa shape index (κ1) is 24.7. The van der Waals surface area contributed by atoms with Crippen LogP contribution in [-0.4, -0.2) is 47.8 Å². The lowest BCUT2D eigenvalue weighted by atomic mass is 9.88. The number of ether oxygens (including phenoxy) is 1. The second-order valence-corrected chi connectivity index (χ2v) is 10.7. The maximum Gasteiger partial charge on any atom is 0.146 e. The molecule has 6 rings (SSSR count). The molecule has 10 heteroatoms. The molecule has 5 aromatic heterocycles. The second kappa shape index (κ2) is 8.99. The Balaban J connectivity index is 1.75. The van der Waals surface area contributed by atoms with Gasteiger partial charge in [-0.3, -0.25) is 14.6 Å². The highest BCUT2D eigenvalue weighted by Crippen LogP contribution is 2.43. The zero-order valence-electron chi connectivity index (χ0n) is 22.2. The highest BCUT2D eigenvalue weighted by atomic mass is 19.1. The van der Waals surface area contributed by atoms with Crippen LogP contribution in [0.25, 0.3) is 33.2 Å². The van der Waals surface area contributed by atoms with Crippen molar-refractivity contribution in [3.63, 3.8) is 0 Å². The molecule has 1 atom stereocenters. The van der Waals surface area contributed by atoms with E-state index in [0.717, 1.165) is 51.7 Å². The zero-order valence-corrected chi connectivity index (χ0v) is 22.2. The van der Waals surface area contributed by atoms with E-state index in [2.05, 4.69) is 20.8 Å². The number of aliphatic hydroxyl groups is 1. The number of pyridine rings is 2. The topological polar surface area (TPSA) is 104 Å². The van der Waals surface area contributed by atoms with Gasteiger partial charge in [-0.15, -0.1) is 0 Å². The van der Waals surface area contributed by atoms with Crippen molar-refractivity contribution >= 4 is 22.1 Å². The summed E-state index contributed by atoms with van der Waals surface area (Å²) >= 11 is 0. The maximum absolute atomic E-state index is 15.5. The molecular formula is C28H31FN6O3. The number of rotatable bonds is 5. The van der Waals surface area contributed by atoms with E-state index in [1.54, 1.807) is 37.0 Å². The number of halogens is 1. The van der Waals surface area contributed by atoms with E-state index in [0.29, 0.717) is 30.4 Å². The highest BCUT2D eigenvalue weighted by molar-refractivity contribution is 6.06. The predicted octanol–water partition coefficient (Wildman–Crippen LogP) is 4.97. The van der Waals surface area contributed by atoms with Crippen molar-refractivity contribution in [2.24, 2.45) is 13.0 Å².